The van der Waals surface area contributed by atoms with E-state index in [9.17, 15) is 14.4 Å². The van der Waals surface area contributed by atoms with Crippen molar-refractivity contribution in [2.75, 3.05) is 17.2 Å². The van der Waals surface area contributed by atoms with Gasteiger partial charge in [-0.25, -0.2) is 14.6 Å². The average Bonchev–Trinajstić information content (AvgIpc) is 3.08. The topological polar surface area (TPSA) is 116 Å². The van der Waals surface area contributed by atoms with Crippen molar-refractivity contribution in [1.29, 1.82) is 0 Å². The number of aryl methyl sites for hydroxylation is 2. The summed E-state index contributed by atoms with van der Waals surface area (Å²) in [5.74, 6) is -0.740. The minimum atomic E-state index is -0.630. The first-order valence-corrected chi connectivity index (χ1v) is 8.68. The number of nitrogens with zero attached hydrogens (tertiary/aromatic N) is 3. The summed E-state index contributed by atoms with van der Waals surface area (Å²) < 4.78 is 13.1. The van der Waals surface area contributed by atoms with E-state index >= 15 is 0 Å². The highest BCUT2D eigenvalue weighted by Gasteiger charge is 2.20. The van der Waals surface area contributed by atoms with Crippen molar-refractivity contribution in [2.24, 2.45) is 14.1 Å². The van der Waals surface area contributed by atoms with Crippen LogP contribution in [-0.4, -0.2) is 44.3 Å². The first-order chi connectivity index (χ1) is 13.0. The van der Waals surface area contributed by atoms with Crippen LogP contribution in [0.25, 0.3) is 0 Å². The molecule has 0 fully saturated rings. The van der Waals surface area contributed by atoms with Crippen molar-refractivity contribution < 1.29 is 23.9 Å². The molecule has 0 spiro atoms. The Morgan fingerprint density at radius 2 is 1.79 bits per heavy atom. The average molecular weight is 391 g/mol. The number of anilines is 2. The highest BCUT2D eigenvalue weighted by atomic mass is 16.6. The van der Waals surface area contributed by atoms with Gasteiger partial charge in [0.15, 0.2) is 5.82 Å². The summed E-state index contributed by atoms with van der Waals surface area (Å²) in [6, 6.07) is 1.51. The van der Waals surface area contributed by atoms with Crippen LogP contribution in [0.5, 0.6) is 0 Å². The Morgan fingerprint density at radius 3 is 2.39 bits per heavy atom. The molecule has 2 heterocycles. The van der Waals surface area contributed by atoms with Gasteiger partial charge in [0.1, 0.15) is 11.3 Å². The molecule has 2 rings (SSSR count). The Morgan fingerprint density at radius 1 is 1.11 bits per heavy atom. The second-order valence-corrected chi connectivity index (χ2v) is 7.09. The standard InChI is InChI=1S/C18H25N5O5/c1-7-27-16(25)14-20-13(10-23(14)6)21-15(24)12-8-11(9-22(12)5)19-17(26)28-18(2,3)4/h8-10H,7H2,1-6H3,(H,19,26)(H,21,24). The number of hydrogen-bond acceptors (Lipinski definition) is 6. The van der Waals surface area contributed by atoms with Crippen LogP contribution >= 0.6 is 0 Å². The SMILES string of the molecule is CCOC(=O)c1nc(NC(=O)c2cc(NC(=O)OC(C)(C)C)cn2C)cn1C. The van der Waals surface area contributed by atoms with Crippen LogP contribution < -0.4 is 10.6 Å². The van der Waals surface area contributed by atoms with E-state index in [0.717, 1.165) is 0 Å². The lowest BCUT2D eigenvalue weighted by molar-refractivity contribution is 0.0507. The highest BCUT2D eigenvalue weighted by Crippen LogP contribution is 2.17. The van der Waals surface area contributed by atoms with Gasteiger partial charge in [-0.1, -0.05) is 0 Å². The molecule has 10 heteroatoms. The molecule has 0 aliphatic carbocycles. The van der Waals surface area contributed by atoms with E-state index in [2.05, 4.69) is 15.6 Å². The van der Waals surface area contributed by atoms with Crippen molar-refractivity contribution in [3.63, 3.8) is 0 Å². The molecule has 0 aliphatic heterocycles. The molecule has 0 atom stereocenters. The zero-order valence-corrected chi connectivity index (χ0v) is 16.8. The molecule has 0 aliphatic rings. The monoisotopic (exact) mass is 391 g/mol. The molecular formula is C18H25N5O5. The number of hydrogen-bond donors (Lipinski definition) is 2. The van der Waals surface area contributed by atoms with Crippen LogP contribution in [0, 0.1) is 0 Å². The van der Waals surface area contributed by atoms with E-state index in [-0.39, 0.29) is 23.9 Å². The summed E-state index contributed by atoms with van der Waals surface area (Å²) in [6.07, 6.45) is 2.47. The van der Waals surface area contributed by atoms with Gasteiger partial charge in [0.05, 0.1) is 12.3 Å². The molecule has 0 saturated carbocycles. The third-order valence-electron chi connectivity index (χ3n) is 3.46. The molecule has 10 nitrogen and oxygen atoms in total. The van der Waals surface area contributed by atoms with Gasteiger partial charge in [-0.15, -0.1) is 0 Å². The number of ether oxygens (including phenoxy) is 2. The number of rotatable bonds is 5. The van der Waals surface area contributed by atoms with Crippen molar-refractivity contribution in [2.45, 2.75) is 33.3 Å². The summed E-state index contributed by atoms with van der Waals surface area (Å²) in [6.45, 7) is 7.20. The largest absolute Gasteiger partial charge is 0.460 e. The molecular weight excluding hydrogens is 366 g/mol. The minimum Gasteiger partial charge on any atom is -0.460 e. The normalized spacial score (nSPS) is 11.1. The molecule has 2 aromatic heterocycles. The Labute approximate surface area is 162 Å². The summed E-state index contributed by atoms with van der Waals surface area (Å²) in [7, 11) is 3.29. The number of imidazole rings is 1. The highest BCUT2D eigenvalue weighted by molar-refractivity contribution is 6.04. The third-order valence-corrected chi connectivity index (χ3v) is 3.46. The molecule has 0 unspecified atom stereocenters. The van der Waals surface area contributed by atoms with Crippen LogP contribution in [0.2, 0.25) is 0 Å². The van der Waals surface area contributed by atoms with Crippen LogP contribution in [0.3, 0.4) is 0 Å². The lowest BCUT2D eigenvalue weighted by Crippen LogP contribution is -2.27. The number of esters is 1. The Kier molecular flexibility index (Phi) is 6.12. The zero-order chi connectivity index (χ0) is 21.1. The van der Waals surface area contributed by atoms with Gasteiger partial charge in [-0.3, -0.25) is 10.1 Å². The summed E-state index contributed by atoms with van der Waals surface area (Å²) >= 11 is 0. The Bertz CT molecular complexity index is 891. The number of carbonyl (C=O) groups excluding carboxylic acids is 3. The first-order valence-electron chi connectivity index (χ1n) is 8.68. The quantitative estimate of drug-likeness (QED) is 0.757. The van der Waals surface area contributed by atoms with Crippen molar-refractivity contribution in [3.8, 4) is 0 Å². The summed E-state index contributed by atoms with van der Waals surface area (Å²) in [5, 5.41) is 5.20. The molecule has 2 amide bonds. The van der Waals surface area contributed by atoms with Gasteiger partial charge in [0, 0.05) is 26.5 Å². The lowest BCUT2D eigenvalue weighted by Gasteiger charge is -2.19. The predicted octanol–water partition coefficient (Wildman–Crippen LogP) is 2.53. The molecule has 0 bridgehead atoms. The lowest BCUT2D eigenvalue weighted by atomic mass is 10.2. The molecule has 0 saturated heterocycles. The first kappa shape index (κ1) is 21.0. The van der Waals surface area contributed by atoms with E-state index in [1.165, 1.54) is 16.8 Å². The zero-order valence-electron chi connectivity index (χ0n) is 16.8. The molecule has 2 aromatic rings. The van der Waals surface area contributed by atoms with Gasteiger partial charge in [-0.2, -0.15) is 0 Å². The van der Waals surface area contributed by atoms with Crippen molar-refractivity contribution >= 4 is 29.5 Å². The van der Waals surface area contributed by atoms with Gasteiger partial charge in [0.25, 0.3) is 5.91 Å². The number of carbonyl (C=O) groups is 3. The third kappa shape index (κ3) is 5.35. The maximum absolute atomic E-state index is 12.5. The smallest absolute Gasteiger partial charge is 0.412 e. The fourth-order valence-electron chi connectivity index (χ4n) is 2.37. The number of amides is 2. The van der Waals surface area contributed by atoms with Gasteiger partial charge < -0.3 is 23.9 Å². The maximum atomic E-state index is 12.5. The van der Waals surface area contributed by atoms with Crippen molar-refractivity contribution in [3.05, 3.63) is 30.0 Å². The molecule has 0 aromatic carbocycles. The summed E-state index contributed by atoms with van der Waals surface area (Å²) in [5.41, 5.74) is 0.0684. The number of nitrogens with one attached hydrogen (secondary N) is 2. The van der Waals surface area contributed by atoms with E-state index < -0.39 is 23.6 Å². The second-order valence-electron chi connectivity index (χ2n) is 7.09. The van der Waals surface area contributed by atoms with Crippen LogP contribution in [0.4, 0.5) is 16.3 Å². The van der Waals surface area contributed by atoms with Crippen molar-refractivity contribution in [1.82, 2.24) is 14.1 Å². The van der Waals surface area contributed by atoms with Crippen LogP contribution in [-0.2, 0) is 23.6 Å². The summed E-state index contributed by atoms with van der Waals surface area (Å²) in [4.78, 5) is 40.3. The minimum absolute atomic E-state index is 0.0799. The predicted molar refractivity (Wildman–Crippen MR) is 102 cm³/mol. The Balaban J connectivity index is 2.09. The van der Waals surface area contributed by atoms with E-state index in [1.807, 2.05) is 0 Å². The van der Waals surface area contributed by atoms with Crippen LogP contribution in [0.1, 0.15) is 48.8 Å². The molecule has 152 valence electrons. The van der Waals surface area contributed by atoms with E-state index in [1.54, 1.807) is 52.6 Å². The van der Waals surface area contributed by atoms with Crippen LogP contribution in [0.15, 0.2) is 18.5 Å². The molecule has 2 N–H and O–H groups in total. The second kappa shape index (κ2) is 8.15. The number of aromatic nitrogens is 3. The van der Waals surface area contributed by atoms with E-state index in [0.29, 0.717) is 5.69 Å². The van der Waals surface area contributed by atoms with E-state index in [4.69, 9.17) is 9.47 Å². The Hall–Kier alpha value is -3.30. The maximum Gasteiger partial charge on any atom is 0.412 e. The molecule has 0 radical (unpaired) electrons. The molecule has 28 heavy (non-hydrogen) atoms. The van der Waals surface area contributed by atoms with Gasteiger partial charge >= 0.3 is 12.1 Å². The fourth-order valence-corrected chi connectivity index (χ4v) is 2.37. The van der Waals surface area contributed by atoms with Gasteiger partial charge in [-0.05, 0) is 33.8 Å². The fraction of sp³-hybridized carbons (Fsp3) is 0.444. The van der Waals surface area contributed by atoms with Gasteiger partial charge in [0.2, 0.25) is 5.82 Å².